The van der Waals surface area contributed by atoms with Crippen LogP contribution >= 0.6 is 0 Å². The fourth-order valence-electron chi connectivity index (χ4n) is 5.81. The number of piperidine rings is 1. The molecule has 1 N–H and O–H groups in total. The topological polar surface area (TPSA) is 107 Å². The molecule has 0 saturated carbocycles. The number of benzene rings is 3. The lowest BCUT2D eigenvalue weighted by molar-refractivity contribution is 0.0547. The molecule has 1 amide bonds. The fraction of sp³-hybridized carbons (Fsp3) is 0.333. The van der Waals surface area contributed by atoms with Crippen molar-refractivity contribution < 1.29 is 26.9 Å². The third kappa shape index (κ3) is 5.89. The summed E-state index contributed by atoms with van der Waals surface area (Å²) in [5.74, 6) is -0.316. The molecule has 6 rings (SSSR count). The fourth-order valence-corrected chi connectivity index (χ4v) is 6.79. The number of aromatic nitrogens is 1. The van der Waals surface area contributed by atoms with Gasteiger partial charge < -0.3 is 14.2 Å². The van der Waals surface area contributed by atoms with Crippen LogP contribution in [0.25, 0.3) is 22.2 Å². The molecule has 0 bridgehead atoms. The Bertz CT molecular complexity index is 1820. The van der Waals surface area contributed by atoms with Crippen molar-refractivity contribution in [1.82, 2.24) is 14.8 Å². The monoisotopic (exact) mass is 601 g/mol. The number of likely N-dealkylation sites (tertiary alicyclic amines) is 1. The molecule has 224 valence electrons. The van der Waals surface area contributed by atoms with E-state index in [4.69, 9.17) is 8.92 Å². The molecule has 2 aliphatic heterocycles. The average Bonchev–Trinajstić information content (AvgIpc) is 3.54. The third-order valence-electron chi connectivity index (χ3n) is 7.73. The predicted octanol–water partition coefficient (Wildman–Crippen LogP) is 6.09. The normalized spacial score (nSPS) is 15.7. The van der Waals surface area contributed by atoms with Gasteiger partial charge in [0.25, 0.3) is 5.91 Å². The zero-order chi connectivity index (χ0) is 30.4. The summed E-state index contributed by atoms with van der Waals surface area (Å²) in [5, 5.41) is 3.63. The second kappa shape index (κ2) is 11.2. The number of hydrogen-bond acceptors (Lipinski definition) is 7. The molecule has 0 atom stereocenters. The van der Waals surface area contributed by atoms with Gasteiger partial charge in [-0.3, -0.25) is 9.69 Å². The van der Waals surface area contributed by atoms with Gasteiger partial charge in [-0.15, -0.1) is 0 Å². The maximum atomic E-state index is 13.7. The van der Waals surface area contributed by atoms with Gasteiger partial charge in [0, 0.05) is 29.6 Å². The molecule has 2 aliphatic rings. The van der Waals surface area contributed by atoms with Crippen LogP contribution in [-0.4, -0.2) is 48.6 Å². The van der Waals surface area contributed by atoms with Crippen molar-refractivity contribution in [2.75, 3.05) is 13.1 Å². The molecule has 9 nitrogen and oxygen atoms in total. The molecule has 1 aromatic heterocycles. The van der Waals surface area contributed by atoms with Crippen LogP contribution in [0.2, 0.25) is 0 Å². The van der Waals surface area contributed by atoms with Gasteiger partial charge in [-0.2, -0.15) is 8.42 Å². The van der Waals surface area contributed by atoms with Crippen molar-refractivity contribution in [3.8, 4) is 17.0 Å². The molecule has 4 aromatic rings. The summed E-state index contributed by atoms with van der Waals surface area (Å²) in [6, 6.07) is 18.9. The smallest absolute Gasteiger partial charge is 0.419 e. The molecule has 3 aromatic carbocycles. The standard InChI is InChI=1S/C33H35N3O6S/c1-33(2,3)41-32(38)36-27-14-12-22(21-35-16-8-5-9-17-35)18-23(27)19-28(36)25-13-15-29(26-20-34-31(37)30(25)26)42-43(39,40)24-10-6-4-7-11-24/h4,6-7,10-15,18-19H,5,8-9,16-17,20-21H2,1-3H3,(H,34,37). The molecular formula is C33H35N3O6S. The number of amides is 1. The van der Waals surface area contributed by atoms with E-state index in [1.54, 1.807) is 45.0 Å². The maximum Gasteiger partial charge on any atom is 0.419 e. The van der Waals surface area contributed by atoms with Crippen LogP contribution in [-0.2, 0) is 27.9 Å². The molecule has 0 spiro atoms. The van der Waals surface area contributed by atoms with Crippen molar-refractivity contribution in [2.24, 2.45) is 0 Å². The Morgan fingerprint density at radius 3 is 2.42 bits per heavy atom. The van der Waals surface area contributed by atoms with Gasteiger partial charge in [-0.05, 0) is 94.7 Å². The Morgan fingerprint density at radius 2 is 1.70 bits per heavy atom. The second-order valence-corrected chi connectivity index (χ2v) is 13.6. The summed E-state index contributed by atoms with van der Waals surface area (Å²) in [6.45, 7) is 8.46. The Labute approximate surface area is 251 Å². The summed E-state index contributed by atoms with van der Waals surface area (Å²) in [7, 11) is -4.13. The van der Waals surface area contributed by atoms with Crippen molar-refractivity contribution >= 4 is 33.0 Å². The highest BCUT2D eigenvalue weighted by Crippen LogP contribution is 2.39. The van der Waals surface area contributed by atoms with E-state index in [1.807, 2.05) is 18.2 Å². The maximum absolute atomic E-state index is 13.7. The van der Waals surface area contributed by atoms with Crippen LogP contribution in [0.15, 0.2) is 71.6 Å². The first-order chi connectivity index (χ1) is 20.5. The minimum absolute atomic E-state index is 0.00974. The SMILES string of the molecule is CC(C)(C)OC(=O)n1c(-c2ccc(OS(=O)(=O)c3ccccc3)c3c2C(=O)NC3)cc2cc(CN3CCCCC3)ccc21. The van der Waals surface area contributed by atoms with Gasteiger partial charge in [0.15, 0.2) is 0 Å². The quantitative estimate of drug-likeness (QED) is 0.267. The largest absolute Gasteiger partial charge is 0.443 e. The minimum Gasteiger partial charge on any atom is -0.443 e. The number of fused-ring (bicyclic) bond motifs is 2. The zero-order valence-electron chi connectivity index (χ0n) is 24.6. The van der Waals surface area contributed by atoms with Gasteiger partial charge in [0.05, 0.1) is 16.8 Å². The van der Waals surface area contributed by atoms with Gasteiger partial charge >= 0.3 is 16.2 Å². The van der Waals surface area contributed by atoms with Crippen molar-refractivity contribution in [3.05, 3.63) is 83.4 Å². The molecule has 1 saturated heterocycles. The number of nitrogens with one attached hydrogen (secondary N) is 1. The van der Waals surface area contributed by atoms with Crippen LogP contribution in [0.5, 0.6) is 5.75 Å². The first kappa shape index (κ1) is 28.9. The van der Waals surface area contributed by atoms with Gasteiger partial charge in [-0.25, -0.2) is 9.36 Å². The Balaban J connectivity index is 1.45. The Hall–Kier alpha value is -4.15. The van der Waals surface area contributed by atoms with Crippen LogP contribution in [0, 0.1) is 0 Å². The molecule has 0 unspecified atom stereocenters. The predicted molar refractivity (Wildman–Crippen MR) is 164 cm³/mol. The molecule has 0 aliphatic carbocycles. The van der Waals surface area contributed by atoms with Crippen LogP contribution in [0.4, 0.5) is 4.79 Å². The Morgan fingerprint density at radius 1 is 0.953 bits per heavy atom. The Kier molecular flexibility index (Phi) is 7.52. The number of hydrogen-bond donors (Lipinski definition) is 1. The van der Waals surface area contributed by atoms with Crippen molar-refractivity contribution in [1.29, 1.82) is 0 Å². The van der Waals surface area contributed by atoms with E-state index in [9.17, 15) is 18.0 Å². The first-order valence-electron chi connectivity index (χ1n) is 14.5. The number of nitrogens with zero attached hydrogens (tertiary/aromatic N) is 2. The first-order valence-corrected chi connectivity index (χ1v) is 15.9. The van der Waals surface area contributed by atoms with Crippen molar-refractivity contribution in [2.45, 2.75) is 63.6 Å². The van der Waals surface area contributed by atoms with E-state index in [2.05, 4.69) is 16.3 Å². The van der Waals surface area contributed by atoms with Gasteiger partial charge in [-0.1, -0.05) is 30.7 Å². The van der Waals surface area contributed by atoms with E-state index in [1.165, 1.54) is 42.0 Å². The zero-order valence-corrected chi connectivity index (χ0v) is 25.4. The third-order valence-corrected chi connectivity index (χ3v) is 8.98. The van der Waals surface area contributed by atoms with Crippen molar-refractivity contribution in [3.63, 3.8) is 0 Å². The van der Waals surface area contributed by atoms with E-state index in [0.29, 0.717) is 22.3 Å². The van der Waals surface area contributed by atoms with Crippen LogP contribution in [0.1, 0.15) is 61.5 Å². The van der Waals surface area contributed by atoms with Gasteiger partial charge in [0.1, 0.15) is 16.2 Å². The number of ether oxygens (including phenoxy) is 1. The van der Waals surface area contributed by atoms with Gasteiger partial charge in [0.2, 0.25) is 0 Å². The van der Waals surface area contributed by atoms with E-state index in [0.717, 1.165) is 30.6 Å². The lowest BCUT2D eigenvalue weighted by atomic mass is 9.99. The summed E-state index contributed by atoms with van der Waals surface area (Å²) in [6.07, 6.45) is 3.08. The van der Waals surface area contributed by atoms with Crippen LogP contribution < -0.4 is 9.50 Å². The summed E-state index contributed by atoms with van der Waals surface area (Å²) in [5.41, 5.74) is 2.68. The molecule has 0 radical (unpaired) electrons. The lowest BCUT2D eigenvalue weighted by Gasteiger charge is -2.26. The molecule has 3 heterocycles. The van der Waals surface area contributed by atoms with E-state index in [-0.39, 0.29) is 28.7 Å². The number of carbonyl (C=O) groups excluding carboxylic acids is 2. The molecule has 43 heavy (non-hydrogen) atoms. The highest BCUT2D eigenvalue weighted by molar-refractivity contribution is 7.87. The molecular weight excluding hydrogens is 566 g/mol. The minimum atomic E-state index is -4.13. The highest BCUT2D eigenvalue weighted by Gasteiger charge is 2.32. The lowest BCUT2D eigenvalue weighted by Crippen LogP contribution is -2.29. The molecule has 10 heteroatoms. The number of rotatable bonds is 6. The van der Waals surface area contributed by atoms with E-state index < -0.39 is 21.8 Å². The number of carbonyl (C=O) groups is 2. The molecule has 1 fully saturated rings. The highest BCUT2D eigenvalue weighted by atomic mass is 32.2. The summed E-state index contributed by atoms with van der Waals surface area (Å²) >= 11 is 0. The second-order valence-electron chi connectivity index (χ2n) is 12.1. The summed E-state index contributed by atoms with van der Waals surface area (Å²) in [4.78, 5) is 29.3. The van der Waals surface area contributed by atoms with E-state index >= 15 is 0 Å². The van der Waals surface area contributed by atoms with Crippen LogP contribution in [0.3, 0.4) is 0 Å². The summed E-state index contributed by atoms with van der Waals surface area (Å²) < 4.78 is 38.9. The average molecular weight is 602 g/mol.